The molecule has 5 heteroatoms. The van der Waals surface area contributed by atoms with Crippen molar-refractivity contribution in [3.05, 3.63) is 40.3 Å². The summed E-state index contributed by atoms with van der Waals surface area (Å²) in [6.07, 6.45) is 3.31. The molecule has 0 saturated heterocycles. The quantitative estimate of drug-likeness (QED) is 0.868. The summed E-state index contributed by atoms with van der Waals surface area (Å²) in [5.41, 5.74) is 8.79. The van der Waals surface area contributed by atoms with E-state index in [0.717, 1.165) is 22.6 Å². The van der Waals surface area contributed by atoms with Crippen LogP contribution in [0.2, 0.25) is 5.02 Å². The zero-order valence-electron chi connectivity index (χ0n) is 9.24. The molecule has 0 amide bonds. The number of rotatable bonds is 2. The molecule has 0 unspecified atom stereocenters. The Kier molecular flexibility index (Phi) is 2.94. The third-order valence-corrected chi connectivity index (χ3v) is 2.62. The molecule has 0 aliphatic rings. The van der Waals surface area contributed by atoms with Crippen LogP contribution >= 0.6 is 11.6 Å². The number of halogens is 1. The van der Waals surface area contributed by atoms with Crippen LogP contribution in [-0.4, -0.2) is 14.8 Å². The van der Waals surface area contributed by atoms with Crippen molar-refractivity contribution in [3.63, 3.8) is 0 Å². The van der Waals surface area contributed by atoms with Crippen LogP contribution in [0.3, 0.4) is 0 Å². The van der Waals surface area contributed by atoms with Crippen molar-refractivity contribution in [1.82, 2.24) is 14.8 Å². The Balaban J connectivity index is 2.63. The van der Waals surface area contributed by atoms with Crippen molar-refractivity contribution in [3.8, 4) is 5.82 Å². The fourth-order valence-electron chi connectivity index (χ4n) is 1.70. The van der Waals surface area contributed by atoms with E-state index in [1.54, 1.807) is 17.1 Å². The van der Waals surface area contributed by atoms with E-state index in [-0.39, 0.29) is 0 Å². The first-order chi connectivity index (χ1) is 7.61. The predicted octanol–water partition coefficient (Wildman–Crippen LogP) is 2.00. The molecular formula is C11H13ClN4. The Hall–Kier alpha value is -1.39. The average Bonchev–Trinajstić information content (AvgIpc) is 2.63. The fourth-order valence-corrected chi connectivity index (χ4v) is 1.84. The van der Waals surface area contributed by atoms with Crippen LogP contribution in [-0.2, 0) is 6.54 Å². The zero-order valence-corrected chi connectivity index (χ0v) is 9.99. The average molecular weight is 237 g/mol. The number of hydrogen-bond donors (Lipinski definition) is 1. The molecule has 0 aliphatic carbocycles. The van der Waals surface area contributed by atoms with Crippen LogP contribution in [0.25, 0.3) is 5.82 Å². The van der Waals surface area contributed by atoms with Gasteiger partial charge in [-0.3, -0.25) is 0 Å². The maximum absolute atomic E-state index is 5.84. The standard InChI is InChI=1S/C11H13ClN4/c1-7-3-8(2)15-11(10(7)4-13)16-6-9(12)5-14-16/h3,5-6H,4,13H2,1-2H3. The Morgan fingerprint density at radius 1 is 1.44 bits per heavy atom. The maximum atomic E-state index is 5.84. The van der Waals surface area contributed by atoms with Gasteiger partial charge in [0.15, 0.2) is 5.82 Å². The maximum Gasteiger partial charge on any atom is 0.158 e. The van der Waals surface area contributed by atoms with Gasteiger partial charge < -0.3 is 5.73 Å². The molecule has 84 valence electrons. The molecule has 2 heterocycles. The lowest BCUT2D eigenvalue weighted by Gasteiger charge is -2.10. The van der Waals surface area contributed by atoms with Gasteiger partial charge in [0.1, 0.15) is 0 Å². The van der Waals surface area contributed by atoms with Gasteiger partial charge in [0.05, 0.1) is 17.4 Å². The first-order valence-corrected chi connectivity index (χ1v) is 5.37. The number of aromatic nitrogens is 3. The Morgan fingerprint density at radius 3 is 2.75 bits per heavy atom. The number of hydrogen-bond acceptors (Lipinski definition) is 3. The van der Waals surface area contributed by atoms with Crippen LogP contribution in [0.4, 0.5) is 0 Å². The highest BCUT2D eigenvalue weighted by Gasteiger charge is 2.10. The highest BCUT2D eigenvalue weighted by Crippen LogP contribution is 2.18. The molecule has 0 saturated carbocycles. The predicted molar refractivity (Wildman–Crippen MR) is 63.7 cm³/mol. The second kappa shape index (κ2) is 4.23. The Labute approximate surface area is 99.1 Å². The van der Waals surface area contributed by atoms with Gasteiger partial charge in [-0.2, -0.15) is 5.10 Å². The second-order valence-electron chi connectivity index (χ2n) is 3.69. The van der Waals surface area contributed by atoms with Gasteiger partial charge in [0.25, 0.3) is 0 Å². The largest absolute Gasteiger partial charge is 0.326 e. The Morgan fingerprint density at radius 2 is 2.19 bits per heavy atom. The molecule has 4 nitrogen and oxygen atoms in total. The fraction of sp³-hybridized carbons (Fsp3) is 0.273. The summed E-state index contributed by atoms with van der Waals surface area (Å²) in [5.74, 6) is 0.756. The van der Waals surface area contributed by atoms with E-state index in [9.17, 15) is 0 Å². The summed E-state index contributed by atoms with van der Waals surface area (Å²) in [7, 11) is 0. The minimum Gasteiger partial charge on any atom is -0.326 e. The summed E-state index contributed by atoms with van der Waals surface area (Å²) in [6.45, 7) is 4.40. The van der Waals surface area contributed by atoms with Crippen LogP contribution in [0, 0.1) is 13.8 Å². The molecule has 0 aliphatic heterocycles. The second-order valence-corrected chi connectivity index (χ2v) is 4.13. The van der Waals surface area contributed by atoms with Gasteiger partial charge in [0.2, 0.25) is 0 Å². The van der Waals surface area contributed by atoms with E-state index < -0.39 is 0 Å². The van der Waals surface area contributed by atoms with Crippen molar-refractivity contribution >= 4 is 11.6 Å². The summed E-state index contributed by atoms with van der Waals surface area (Å²) >= 11 is 5.84. The summed E-state index contributed by atoms with van der Waals surface area (Å²) < 4.78 is 1.66. The summed E-state index contributed by atoms with van der Waals surface area (Å²) in [4.78, 5) is 4.45. The minimum atomic E-state index is 0.436. The number of nitrogens with two attached hydrogens (primary N) is 1. The van der Waals surface area contributed by atoms with Gasteiger partial charge in [-0.05, 0) is 25.5 Å². The monoisotopic (exact) mass is 236 g/mol. The van der Waals surface area contributed by atoms with E-state index in [0.29, 0.717) is 11.6 Å². The molecule has 0 fully saturated rings. The molecule has 0 radical (unpaired) electrons. The van der Waals surface area contributed by atoms with Crippen molar-refractivity contribution in [1.29, 1.82) is 0 Å². The molecule has 0 spiro atoms. The molecular weight excluding hydrogens is 224 g/mol. The van der Waals surface area contributed by atoms with Crippen LogP contribution in [0.1, 0.15) is 16.8 Å². The smallest absolute Gasteiger partial charge is 0.158 e. The van der Waals surface area contributed by atoms with E-state index in [1.807, 2.05) is 19.9 Å². The van der Waals surface area contributed by atoms with Crippen LogP contribution in [0.15, 0.2) is 18.5 Å². The van der Waals surface area contributed by atoms with Gasteiger partial charge in [-0.15, -0.1) is 0 Å². The number of pyridine rings is 1. The van der Waals surface area contributed by atoms with Gasteiger partial charge >= 0.3 is 0 Å². The molecule has 16 heavy (non-hydrogen) atoms. The van der Waals surface area contributed by atoms with Crippen molar-refractivity contribution in [2.45, 2.75) is 20.4 Å². The molecule has 2 aromatic heterocycles. The first-order valence-electron chi connectivity index (χ1n) is 4.99. The third-order valence-electron chi connectivity index (χ3n) is 2.43. The van der Waals surface area contributed by atoms with E-state index in [2.05, 4.69) is 10.1 Å². The van der Waals surface area contributed by atoms with E-state index >= 15 is 0 Å². The highest BCUT2D eigenvalue weighted by molar-refractivity contribution is 6.30. The van der Waals surface area contributed by atoms with Gasteiger partial charge in [-0.25, -0.2) is 9.67 Å². The minimum absolute atomic E-state index is 0.436. The summed E-state index contributed by atoms with van der Waals surface area (Å²) in [6, 6.07) is 2.01. The molecule has 2 N–H and O–H groups in total. The lowest BCUT2D eigenvalue weighted by molar-refractivity contribution is 0.813. The van der Waals surface area contributed by atoms with Crippen molar-refractivity contribution < 1.29 is 0 Å². The molecule has 2 rings (SSSR count). The van der Waals surface area contributed by atoms with Crippen LogP contribution in [0.5, 0.6) is 0 Å². The lowest BCUT2D eigenvalue weighted by Crippen LogP contribution is -2.10. The number of aryl methyl sites for hydroxylation is 2. The number of nitrogens with zero attached hydrogens (tertiary/aromatic N) is 3. The molecule has 0 bridgehead atoms. The molecule has 2 aromatic rings. The molecule has 0 aromatic carbocycles. The van der Waals surface area contributed by atoms with E-state index in [1.165, 1.54) is 0 Å². The SMILES string of the molecule is Cc1cc(C)c(CN)c(-n2cc(Cl)cn2)n1. The topological polar surface area (TPSA) is 56.7 Å². The molecule has 0 atom stereocenters. The zero-order chi connectivity index (χ0) is 11.7. The van der Waals surface area contributed by atoms with E-state index in [4.69, 9.17) is 17.3 Å². The van der Waals surface area contributed by atoms with Gasteiger partial charge in [0, 0.05) is 17.8 Å². The Bertz CT molecular complexity index is 519. The lowest BCUT2D eigenvalue weighted by atomic mass is 10.1. The van der Waals surface area contributed by atoms with Crippen molar-refractivity contribution in [2.24, 2.45) is 5.73 Å². The first kappa shape index (κ1) is 11.1. The summed E-state index contributed by atoms with van der Waals surface area (Å²) in [5, 5.41) is 4.73. The normalized spacial score (nSPS) is 10.8. The third kappa shape index (κ3) is 1.94. The van der Waals surface area contributed by atoms with Crippen LogP contribution < -0.4 is 5.73 Å². The van der Waals surface area contributed by atoms with Gasteiger partial charge in [-0.1, -0.05) is 11.6 Å². The van der Waals surface area contributed by atoms with Crippen molar-refractivity contribution in [2.75, 3.05) is 0 Å². The highest BCUT2D eigenvalue weighted by atomic mass is 35.5.